The van der Waals surface area contributed by atoms with Gasteiger partial charge in [0.2, 0.25) is 0 Å². The molecular formula is C8H5BBrFO2S. The number of thiophene rings is 1. The minimum absolute atomic E-state index is 0.349. The molecule has 2 aromatic rings. The van der Waals surface area contributed by atoms with E-state index in [0.717, 1.165) is 5.39 Å². The van der Waals surface area contributed by atoms with Crippen LogP contribution in [0.2, 0.25) is 0 Å². The van der Waals surface area contributed by atoms with Crippen molar-refractivity contribution < 1.29 is 14.4 Å². The van der Waals surface area contributed by atoms with Crippen molar-refractivity contribution >= 4 is 49.2 Å². The summed E-state index contributed by atoms with van der Waals surface area (Å²) in [5.74, 6) is -0.349. The topological polar surface area (TPSA) is 40.5 Å². The molecule has 2 rings (SSSR count). The van der Waals surface area contributed by atoms with Gasteiger partial charge in [-0.15, -0.1) is 11.3 Å². The van der Waals surface area contributed by atoms with Crippen molar-refractivity contribution in [3.63, 3.8) is 0 Å². The average molecular weight is 275 g/mol. The van der Waals surface area contributed by atoms with E-state index in [4.69, 9.17) is 10.0 Å². The van der Waals surface area contributed by atoms with Crippen LogP contribution in [0, 0.1) is 5.82 Å². The van der Waals surface area contributed by atoms with Crippen molar-refractivity contribution in [1.82, 2.24) is 0 Å². The zero-order chi connectivity index (χ0) is 10.3. The lowest BCUT2D eigenvalue weighted by molar-refractivity contribution is 0.427. The summed E-state index contributed by atoms with van der Waals surface area (Å²) < 4.78 is 14.6. The molecule has 1 aromatic carbocycles. The van der Waals surface area contributed by atoms with E-state index in [1.54, 1.807) is 12.1 Å². The van der Waals surface area contributed by atoms with Gasteiger partial charge in [0.15, 0.2) is 0 Å². The standard InChI is InChI=1S/C8H5BBrFO2S/c10-5-1-4-2-8(9(12)13)14-7(4)3-6(5)11/h1-3,12-13H. The van der Waals surface area contributed by atoms with Gasteiger partial charge in [0, 0.05) is 9.48 Å². The van der Waals surface area contributed by atoms with Crippen LogP contribution in [0.5, 0.6) is 0 Å². The number of hydrogen-bond donors (Lipinski definition) is 2. The van der Waals surface area contributed by atoms with E-state index < -0.39 is 7.12 Å². The van der Waals surface area contributed by atoms with Gasteiger partial charge in [-0.1, -0.05) is 0 Å². The Bertz CT molecular complexity index is 446. The molecule has 72 valence electrons. The summed E-state index contributed by atoms with van der Waals surface area (Å²) >= 11 is 4.23. The maximum atomic E-state index is 13.1. The highest BCUT2D eigenvalue weighted by Crippen LogP contribution is 2.26. The Morgan fingerprint density at radius 2 is 2.00 bits per heavy atom. The summed E-state index contributed by atoms with van der Waals surface area (Å²) in [6, 6.07) is 4.62. The molecule has 1 aromatic heterocycles. The van der Waals surface area contributed by atoms with Crippen molar-refractivity contribution in [3.05, 3.63) is 28.5 Å². The first-order chi connectivity index (χ1) is 6.58. The second-order valence-corrected chi connectivity index (χ2v) is 4.80. The van der Waals surface area contributed by atoms with E-state index in [2.05, 4.69) is 15.9 Å². The third kappa shape index (κ3) is 1.70. The van der Waals surface area contributed by atoms with Crippen molar-refractivity contribution in [2.75, 3.05) is 0 Å². The lowest BCUT2D eigenvalue weighted by Crippen LogP contribution is -2.26. The Morgan fingerprint density at radius 3 is 2.64 bits per heavy atom. The smallest absolute Gasteiger partial charge is 0.423 e. The van der Waals surface area contributed by atoms with Gasteiger partial charge in [-0.2, -0.15) is 0 Å². The maximum Gasteiger partial charge on any atom is 0.499 e. The number of halogens is 2. The summed E-state index contributed by atoms with van der Waals surface area (Å²) in [4.78, 5) is 0. The number of fused-ring (bicyclic) bond motifs is 1. The Kier molecular flexibility index (Phi) is 2.61. The van der Waals surface area contributed by atoms with Gasteiger partial charge in [-0.05, 0) is 39.5 Å². The molecule has 0 amide bonds. The summed E-state index contributed by atoms with van der Waals surface area (Å²) in [6.45, 7) is 0. The normalized spacial score (nSPS) is 10.9. The second kappa shape index (κ2) is 3.62. The Balaban J connectivity index is 2.66. The van der Waals surface area contributed by atoms with Crippen LogP contribution in [0.15, 0.2) is 22.7 Å². The van der Waals surface area contributed by atoms with Crippen LogP contribution in [0.25, 0.3) is 10.1 Å². The molecule has 0 fully saturated rings. The SMILES string of the molecule is OB(O)c1cc2cc(Br)c(F)cc2s1. The van der Waals surface area contributed by atoms with Crippen LogP contribution < -0.4 is 4.78 Å². The monoisotopic (exact) mass is 274 g/mol. The number of benzene rings is 1. The number of hydrogen-bond acceptors (Lipinski definition) is 3. The van der Waals surface area contributed by atoms with E-state index in [1.807, 2.05) is 0 Å². The van der Waals surface area contributed by atoms with Crippen molar-refractivity contribution in [2.24, 2.45) is 0 Å². The molecule has 0 saturated heterocycles. The minimum Gasteiger partial charge on any atom is -0.423 e. The summed E-state index contributed by atoms with van der Waals surface area (Å²) in [6.07, 6.45) is 0. The first-order valence-corrected chi connectivity index (χ1v) is 5.43. The molecule has 0 aliphatic rings. The fraction of sp³-hybridized carbons (Fsp3) is 0. The van der Waals surface area contributed by atoms with Gasteiger partial charge in [0.05, 0.1) is 4.47 Å². The molecule has 1 heterocycles. The fourth-order valence-corrected chi connectivity index (χ4v) is 2.49. The van der Waals surface area contributed by atoms with Crippen LogP contribution >= 0.6 is 27.3 Å². The predicted molar refractivity (Wildman–Crippen MR) is 59.3 cm³/mol. The van der Waals surface area contributed by atoms with Crippen molar-refractivity contribution in [1.29, 1.82) is 0 Å². The highest BCUT2D eigenvalue weighted by atomic mass is 79.9. The summed E-state index contributed by atoms with van der Waals surface area (Å²) in [5, 5.41) is 18.6. The van der Waals surface area contributed by atoms with E-state index >= 15 is 0 Å². The van der Waals surface area contributed by atoms with Crippen LogP contribution in [-0.4, -0.2) is 17.2 Å². The molecule has 0 aliphatic carbocycles. The molecular weight excluding hydrogens is 270 g/mol. The molecule has 0 radical (unpaired) electrons. The predicted octanol–water partition coefficient (Wildman–Crippen LogP) is 1.48. The number of rotatable bonds is 1. The maximum absolute atomic E-state index is 13.1. The van der Waals surface area contributed by atoms with E-state index in [0.29, 0.717) is 13.9 Å². The Labute approximate surface area is 92.3 Å². The summed E-state index contributed by atoms with van der Waals surface area (Å²) in [7, 11) is -1.49. The van der Waals surface area contributed by atoms with Gasteiger partial charge in [0.1, 0.15) is 5.82 Å². The molecule has 0 aliphatic heterocycles. The Morgan fingerprint density at radius 1 is 1.29 bits per heavy atom. The molecule has 0 unspecified atom stereocenters. The molecule has 2 nitrogen and oxygen atoms in total. The van der Waals surface area contributed by atoms with Crippen LogP contribution in [-0.2, 0) is 0 Å². The molecule has 0 saturated carbocycles. The molecule has 2 N–H and O–H groups in total. The lowest BCUT2D eigenvalue weighted by Gasteiger charge is -1.92. The zero-order valence-corrected chi connectivity index (χ0v) is 9.27. The molecule has 0 atom stereocenters. The average Bonchev–Trinajstić information content (AvgIpc) is 2.48. The first kappa shape index (κ1) is 10.1. The van der Waals surface area contributed by atoms with Crippen molar-refractivity contribution in [3.8, 4) is 0 Å². The highest BCUT2D eigenvalue weighted by Gasteiger charge is 2.15. The highest BCUT2D eigenvalue weighted by molar-refractivity contribution is 9.10. The third-order valence-corrected chi connectivity index (χ3v) is 3.58. The van der Waals surface area contributed by atoms with Crippen LogP contribution in [0.1, 0.15) is 0 Å². The second-order valence-electron chi connectivity index (χ2n) is 2.83. The van der Waals surface area contributed by atoms with Crippen molar-refractivity contribution in [2.45, 2.75) is 0 Å². The quantitative estimate of drug-likeness (QED) is 0.774. The van der Waals surface area contributed by atoms with Gasteiger partial charge in [-0.3, -0.25) is 0 Å². The molecule has 0 bridgehead atoms. The van der Waals surface area contributed by atoms with E-state index in [9.17, 15) is 4.39 Å². The van der Waals surface area contributed by atoms with Gasteiger partial charge >= 0.3 is 7.12 Å². The van der Waals surface area contributed by atoms with Crippen LogP contribution in [0.3, 0.4) is 0 Å². The summed E-state index contributed by atoms with van der Waals surface area (Å²) in [5.41, 5.74) is 0. The molecule has 6 heteroatoms. The first-order valence-electron chi connectivity index (χ1n) is 3.82. The van der Waals surface area contributed by atoms with E-state index in [1.165, 1.54) is 17.4 Å². The van der Waals surface area contributed by atoms with E-state index in [-0.39, 0.29) is 5.82 Å². The van der Waals surface area contributed by atoms with Gasteiger partial charge in [0.25, 0.3) is 0 Å². The lowest BCUT2D eigenvalue weighted by atomic mass is 9.89. The Hall–Kier alpha value is -0.425. The largest absolute Gasteiger partial charge is 0.499 e. The minimum atomic E-state index is -1.49. The van der Waals surface area contributed by atoms with Gasteiger partial charge < -0.3 is 10.0 Å². The molecule has 0 spiro atoms. The zero-order valence-electron chi connectivity index (χ0n) is 6.87. The third-order valence-electron chi connectivity index (χ3n) is 1.83. The molecule has 14 heavy (non-hydrogen) atoms. The van der Waals surface area contributed by atoms with Crippen LogP contribution in [0.4, 0.5) is 4.39 Å². The fourth-order valence-electron chi connectivity index (χ4n) is 1.18. The van der Waals surface area contributed by atoms with Gasteiger partial charge in [-0.25, -0.2) is 4.39 Å².